The van der Waals surface area contributed by atoms with Crippen LogP contribution in [0.5, 0.6) is 11.5 Å². The molecule has 1 N–H and O–H groups in total. The third kappa shape index (κ3) is 2.33. The van der Waals surface area contributed by atoms with E-state index in [1.54, 1.807) is 0 Å². The van der Waals surface area contributed by atoms with E-state index in [9.17, 15) is 0 Å². The van der Waals surface area contributed by atoms with Gasteiger partial charge in [0.25, 0.3) is 0 Å². The third-order valence-electron chi connectivity index (χ3n) is 4.17. The summed E-state index contributed by atoms with van der Waals surface area (Å²) in [6, 6.07) is 2.18. The zero-order chi connectivity index (χ0) is 13.9. The summed E-state index contributed by atoms with van der Waals surface area (Å²) in [6.45, 7) is 9.90. The monoisotopic (exact) mass is 276 g/mol. The van der Waals surface area contributed by atoms with Crippen LogP contribution in [0.2, 0.25) is 0 Å². The Balaban J connectivity index is 2.11. The van der Waals surface area contributed by atoms with Crippen LogP contribution in [0, 0.1) is 0 Å². The molecule has 0 amide bonds. The minimum absolute atomic E-state index is 0.653. The molecule has 0 aromatic heterocycles. The number of hydrogen-bond donors (Lipinski definition) is 1. The maximum atomic E-state index is 5.96. The van der Waals surface area contributed by atoms with Crippen LogP contribution in [-0.2, 0) is 12.8 Å². The minimum Gasteiger partial charge on any atom is -0.486 e. The number of anilines is 1. The fourth-order valence-electron chi connectivity index (χ4n) is 3.19. The summed E-state index contributed by atoms with van der Waals surface area (Å²) < 4.78 is 11.8. The molecule has 0 spiro atoms. The zero-order valence-corrected chi connectivity index (χ0v) is 12.5. The molecule has 0 bridgehead atoms. The molecule has 2 aliphatic heterocycles. The maximum absolute atomic E-state index is 5.96. The molecule has 1 aromatic rings. The lowest BCUT2D eigenvalue weighted by atomic mass is 9.98. The highest BCUT2D eigenvalue weighted by Gasteiger charge is 2.26. The first-order chi connectivity index (χ1) is 9.85. The van der Waals surface area contributed by atoms with Crippen LogP contribution in [0.3, 0.4) is 0 Å². The molecule has 110 valence electrons. The van der Waals surface area contributed by atoms with Crippen molar-refractivity contribution in [1.82, 2.24) is 5.32 Å². The lowest BCUT2D eigenvalue weighted by molar-refractivity contribution is 0.171. The number of rotatable bonds is 3. The van der Waals surface area contributed by atoms with Gasteiger partial charge in [0, 0.05) is 26.2 Å². The Labute approximate surface area is 121 Å². The molecule has 0 unspecified atom stereocenters. The van der Waals surface area contributed by atoms with Gasteiger partial charge in [-0.1, -0.05) is 13.8 Å². The van der Waals surface area contributed by atoms with Crippen LogP contribution in [0.4, 0.5) is 5.69 Å². The lowest BCUT2D eigenvalue weighted by Crippen LogP contribution is -2.44. The molecule has 0 saturated carbocycles. The van der Waals surface area contributed by atoms with Gasteiger partial charge < -0.3 is 19.7 Å². The number of fused-ring (bicyclic) bond motifs is 1. The third-order valence-corrected chi connectivity index (χ3v) is 4.17. The lowest BCUT2D eigenvalue weighted by Gasteiger charge is -2.35. The first kappa shape index (κ1) is 13.6. The van der Waals surface area contributed by atoms with Crippen molar-refractivity contribution in [3.63, 3.8) is 0 Å². The Morgan fingerprint density at radius 2 is 1.85 bits per heavy atom. The number of benzene rings is 1. The first-order valence-corrected chi connectivity index (χ1v) is 7.75. The van der Waals surface area contributed by atoms with Gasteiger partial charge in [-0.05, 0) is 30.0 Å². The van der Waals surface area contributed by atoms with Gasteiger partial charge in [-0.2, -0.15) is 0 Å². The molecule has 2 aliphatic rings. The molecule has 1 fully saturated rings. The van der Waals surface area contributed by atoms with Crippen LogP contribution >= 0.6 is 0 Å². The molecule has 0 aliphatic carbocycles. The number of ether oxygens (including phenoxy) is 2. The van der Waals surface area contributed by atoms with E-state index in [0.717, 1.165) is 50.5 Å². The number of nitrogens with zero attached hydrogens (tertiary/aromatic N) is 1. The molecule has 0 atom stereocenters. The Morgan fingerprint density at radius 3 is 2.55 bits per heavy atom. The summed E-state index contributed by atoms with van der Waals surface area (Å²) >= 11 is 0. The first-order valence-electron chi connectivity index (χ1n) is 7.75. The predicted molar refractivity (Wildman–Crippen MR) is 81.3 cm³/mol. The fraction of sp³-hybridized carbons (Fsp3) is 0.625. The molecule has 4 nitrogen and oxygen atoms in total. The zero-order valence-electron chi connectivity index (χ0n) is 12.5. The van der Waals surface area contributed by atoms with E-state index in [4.69, 9.17) is 9.47 Å². The molecule has 1 aromatic carbocycles. The van der Waals surface area contributed by atoms with Crippen molar-refractivity contribution in [2.45, 2.75) is 26.7 Å². The second-order valence-corrected chi connectivity index (χ2v) is 5.33. The minimum atomic E-state index is 0.653. The van der Waals surface area contributed by atoms with Gasteiger partial charge in [-0.3, -0.25) is 0 Å². The molecule has 20 heavy (non-hydrogen) atoms. The van der Waals surface area contributed by atoms with Crippen LogP contribution < -0.4 is 19.7 Å². The summed E-state index contributed by atoms with van der Waals surface area (Å²) in [7, 11) is 0. The molecule has 1 saturated heterocycles. The Hall–Kier alpha value is -1.42. The predicted octanol–water partition coefficient (Wildman–Crippen LogP) is 1.99. The number of piperazine rings is 1. The molecule has 0 radical (unpaired) electrons. The molecular formula is C16H24N2O2. The summed E-state index contributed by atoms with van der Waals surface area (Å²) in [6.07, 6.45) is 2.08. The molecule has 2 heterocycles. The average molecular weight is 276 g/mol. The highest BCUT2D eigenvalue weighted by atomic mass is 16.6. The average Bonchev–Trinajstić information content (AvgIpc) is 2.53. The van der Waals surface area contributed by atoms with Crippen LogP contribution in [0.25, 0.3) is 0 Å². The summed E-state index contributed by atoms with van der Waals surface area (Å²) in [5.41, 5.74) is 4.10. The smallest absolute Gasteiger partial charge is 0.184 e. The normalized spacial score (nSPS) is 18.2. The van der Waals surface area contributed by atoms with E-state index >= 15 is 0 Å². The van der Waals surface area contributed by atoms with E-state index in [1.807, 2.05) is 0 Å². The van der Waals surface area contributed by atoms with E-state index in [-0.39, 0.29) is 0 Å². The number of aryl methyl sites for hydroxylation is 1. The standard InChI is InChI=1S/C16H24N2O2/c1-3-12-11-14-16(20-10-9-19-14)15(13(12)4-2)18-7-5-17-6-8-18/h11,17H,3-10H2,1-2H3. The Bertz CT molecular complexity index is 468. The van der Waals surface area contributed by atoms with Crippen LogP contribution in [0.15, 0.2) is 6.07 Å². The largest absolute Gasteiger partial charge is 0.486 e. The van der Waals surface area contributed by atoms with Crippen molar-refractivity contribution < 1.29 is 9.47 Å². The van der Waals surface area contributed by atoms with Gasteiger partial charge in [0.2, 0.25) is 0 Å². The van der Waals surface area contributed by atoms with Gasteiger partial charge in [0.05, 0.1) is 5.69 Å². The van der Waals surface area contributed by atoms with Gasteiger partial charge in [0.1, 0.15) is 13.2 Å². The van der Waals surface area contributed by atoms with Crippen LogP contribution in [0.1, 0.15) is 25.0 Å². The highest BCUT2D eigenvalue weighted by molar-refractivity contribution is 5.72. The van der Waals surface area contributed by atoms with E-state index in [2.05, 4.69) is 30.1 Å². The highest BCUT2D eigenvalue weighted by Crippen LogP contribution is 2.44. The number of hydrogen-bond acceptors (Lipinski definition) is 4. The maximum Gasteiger partial charge on any atom is 0.184 e. The topological polar surface area (TPSA) is 33.7 Å². The second kappa shape index (κ2) is 5.92. The molecular weight excluding hydrogens is 252 g/mol. The van der Waals surface area contributed by atoms with Gasteiger partial charge >= 0.3 is 0 Å². The second-order valence-electron chi connectivity index (χ2n) is 5.33. The van der Waals surface area contributed by atoms with Crippen molar-refractivity contribution in [2.24, 2.45) is 0 Å². The van der Waals surface area contributed by atoms with Crippen molar-refractivity contribution >= 4 is 5.69 Å². The summed E-state index contributed by atoms with van der Waals surface area (Å²) in [5, 5.41) is 3.42. The fourth-order valence-corrected chi connectivity index (χ4v) is 3.19. The van der Waals surface area contributed by atoms with Crippen molar-refractivity contribution in [1.29, 1.82) is 0 Å². The SMILES string of the molecule is CCc1cc2c(c(N3CCNCC3)c1CC)OCCO2. The molecule has 3 rings (SSSR count). The van der Waals surface area contributed by atoms with Gasteiger partial charge in [0.15, 0.2) is 11.5 Å². The summed E-state index contributed by atoms with van der Waals surface area (Å²) in [4.78, 5) is 2.46. The quantitative estimate of drug-likeness (QED) is 0.915. The van der Waals surface area contributed by atoms with Crippen molar-refractivity contribution in [3.8, 4) is 11.5 Å². The Kier molecular flexibility index (Phi) is 4.01. The van der Waals surface area contributed by atoms with Crippen molar-refractivity contribution in [3.05, 3.63) is 17.2 Å². The van der Waals surface area contributed by atoms with Gasteiger partial charge in [-0.15, -0.1) is 0 Å². The van der Waals surface area contributed by atoms with Crippen LogP contribution in [-0.4, -0.2) is 39.4 Å². The Morgan fingerprint density at radius 1 is 1.10 bits per heavy atom. The molecule has 4 heteroatoms. The summed E-state index contributed by atoms with van der Waals surface area (Å²) in [5.74, 6) is 1.89. The van der Waals surface area contributed by atoms with Crippen molar-refractivity contribution in [2.75, 3.05) is 44.3 Å². The van der Waals surface area contributed by atoms with E-state index in [0.29, 0.717) is 13.2 Å². The van der Waals surface area contributed by atoms with Gasteiger partial charge in [-0.25, -0.2) is 0 Å². The van der Waals surface area contributed by atoms with E-state index < -0.39 is 0 Å². The van der Waals surface area contributed by atoms with E-state index in [1.165, 1.54) is 16.8 Å². The number of nitrogens with one attached hydrogen (secondary N) is 1.